The molecule has 0 N–H and O–H groups in total. The van der Waals surface area contributed by atoms with E-state index in [0.29, 0.717) is 0 Å². The van der Waals surface area contributed by atoms with Crippen LogP contribution >= 0.6 is 0 Å². The smallest absolute Gasteiger partial charge is 0.0540 e. The van der Waals surface area contributed by atoms with Crippen molar-refractivity contribution in [2.75, 3.05) is 4.90 Å². The molecular weight excluding hydrogens is 723 g/mol. The summed E-state index contributed by atoms with van der Waals surface area (Å²) in [5.74, 6) is 0. The molecule has 0 heterocycles. The second-order valence-corrected chi connectivity index (χ2v) is 15.9. The second-order valence-electron chi connectivity index (χ2n) is 15.9. The lowest BCUT2D eigenvalue weighted by Crippen LogP contribution is -2.23. The number of hydrogen-bond donors (Lipinski definition) is 0. The van der Waals surface area contributed by atoms with E-state index in [-0.39, 0.29) is 5.41 Å². The number of fused-ring (bicyclic) bond motifs is 3. The van der Waals surface area contributed by atoms with Crippen molar-refractivity contribution >= 4 is 17.1 Å². The molecule has 0 bridgehead atoms. The van der Waals surface area contributed by atoms with E-state index in [1.807, 2.05) is 0 Å². The Bertz CT molecular complexity index is 2890. The highest BCUT2D eigenvalue weighted by molar-refractivity contribution is 5.92. The number of benzene rings is 9. The molecule has 1 aliphatic rings. The first kappa shape index (κ1) is 37.1. The van der Waals surface area contributed by atoms with E-state index in [9.17, 15) is 0 Å². The van der Waals surface area contributed by atoms with E-state index in [0.717, 1.165) is 29.9 Å². The van der Waals surface area contributed by atoms with Gasteiger partial charge in [-0.3, -0.25) is 0 Å². The Morgan fingerprint density at radius 2 is 0.667 bits per heavy atom. The SMILES string of the molecule is CCC1(CC)c2cc(-c3ccc(-c4ccccc4)cc3)ccc2-c2ccc(N(c3ccc(-c4ccccc4)cc3)c3ccccc3-c3ccc(-c4ccccc4)cc3)cc21. The molecule has 60 heavy (non-hydrogen) atoms. The van der Waals surface area contributed by atoms with Crippen LogP contribution in [0.15, 0.2) is 224 Å². The number of nitrogens with zero attached hydrogens (tertiary/aromatic N) is 1. The van der Waals surface area contributed by atoms with Crippen molar-refractivity contribution in [3.05, 3.63) is 236 Å². The minimum atomic E-state index is -0.115. The zero-order valence-electron chi connectivity index (χ0n) is 34.2. The fourth-order valence-corrected chi connectivity index (χ4v) is 9.55. The van der Waals surface area contributed by atoms with Gasteiger partial charge in [0.15, 0.2) is 0 Å². The van der Waals surface area contributed by atoms with Crippen LogP contribution in [0.25, 0.3) is 66.8 Å². The van der Waals surface area contributed by atoms with Gasteiger partial charge in [-0.25, -0.2) is 0 Å². The quantitative estimate of drug-likeness (QED) is 0.134. The summed E-state index contributed by atoms with van der Waals surface area (Å²) in [5, 5.41) is 0. The Labute approximate surface area is 354 Å². The molecular formula is C59H47N. The van der Waals surface area contributed by atoms with Crippen molar-refractivity contribution in [3.63, 3.8) is 0 Å². The summed E-state index contributed by atoms with van der Waals surface area (Å²) in [6.07, 6.45) is 2.03. The van der Waals surface area contributed by atoms with Crippen LogP contribution in [0, 0.1) is 0 Å². The molecule has 0 aromatic heterocycles. The number of hydrogen-bond acceptors (Lipinski definition) is 1. The molecule has 0 spiro atoms. The fraction of sp³-hybridized carbons (Fsp3) is 0.0847. The van der Waals surface area contributed by atoms with Crippen LogP contribution in [-0.2, 0) is 5.41 Å². The van der Waals surface area contributed by atoms with Gasteiger partial charge < -0.3 is 4.90 Å². The van der Waals surface area contributed by atoms with Crippen LogP contribution in [-0.4, -0.2) is 0 Å². The van der Waals surface area contributed by atoms with Gasteiger partial charge in [-0.1, -0.05) is 202 Å². The zero-order valence-corrected chi connectivity index (χ0v) is 34.2. The first-order valence-electron chi connectivity index (χ1n) is 21.3. The average Bonchev–Trinajstić information content (AvgIpc) is 3.61. The van der Waals surface area contributed by atoms with E-state index < -0.39 is 0 Å². The highest BCUT2D eigenvalue weighted by atomic mass is 15.1. The summed E-state index contributed by atoms with van der Waals surface area (Å²) in [7, 11) is 0. The van der Waals surface area contributed by atoms with Gasteiger partial charge in [0.25, 0.3) is 0 Å². The molecule has 1 nitrogen and oxygen atoms in total. The monoisotopic (exact) mass is 769 g/mol. The van der Waals surface area contributed by atoms with Gasteiger partial charge in [0, 0.05) is 22.4 Å². The number of rotatable bonds is 10. The Kier molecular flexibility index (Phi) is 9.79. The van der Waals surface area contributed by atoms with Gasteiger partial charge in [-0.15, -0.1) is 0 Å². The van der Waals surface area contributed by atoms with Gasteiger partial charge >= 0.3 is 0 Å². The van der Waals surface area contributed by atoms with Gasteiger partial charge in [-0.05, 0) is 122 Å². The number of para-hydroxylation sites is 1. The first-order valence-corrected chi connectivity index (χ1v) is 21.3. The summed E-state index contributed by atoms with van der Waals surface area (Å²) in [4.78, 5) is 2.47. The van der Waals surface area contributed by atoms with Crippen molar-refractivity contribution in [2.24, 2.45) is 0 Å². The minimum absolute atomic E-state index is 0.115. The molecule has 0 radical (unpaired) electrons. The maximum atomic E-state index is 2.50. The molecule has 0 saturated heterocycles. The minimum Gasteiger partial charge on any atom is -0.310 e. The van der Waals surface area contributed by atoms with Crippen LogP contribution < -0.4 is 4.90 Å². The Morgan fingerprint density at radius 3 is 1.18 bits per heavy atom. The van der Waals surface area contributed by atoms with Gasteiger partial charge in [0.2, 0.25) is 0 Å². The summed E-state index contributed by atoms with van der Waals surface area (Å²) >= 11 is 0. The molecule has 288 valence electrons. The third-order valence-electron chi connectivity index (χ3n) is 12.8. The lowest BCUT2D eigenvalue weighted by molar-refractivity contribution is 0.490. The van der Waals surface area contributed by atoms with Gasteiger partial charge in [0.1, 0.15) is 0 Å². The number of anilines is 3. The lowest BCUT2D eigenvalue weighted by atomic mass is 9.73. The summed E-state index contributed by atoms with van der Waals surface area (Å²) < 4.78 is 0. The van der Waals surface area contributed by atoms with Crippen molar-refractivity contribution < 1.29 is 0 Å². The van der Waals surface area contributed by atoms with Gasteiger partial charge in [0.05, 0.1) is 5.69 Å². The van der Waals surface area contributed by atoms with Crippen LogP contribution in [0.4, 0.5) is 17.1 Å². The van der Waals surface area contributed by atoms with Crippen LogP contribution in [0.5, 0.6) is 0 Å². The third kappa shape index (κ3) is 6.63. The molecule has 1 aliphatic carbocycles. The maximum Gasteiger partial charge on any atom is 0.0540 e. The topological polar surface area (TPSA) is 3.24 Å². The molecule has 0 saturated carbocycles. The summed E-state index contributed by atoms with van der Waals surface area (Å²) in [6.45, 7) is 4.73. The highest BCUT2D eigenvalue weighted by Gasteiger charge is 2.41. The lowest BCUT2D eigenvalue weighted by Gasteiger charge is -2.32. The maximum absolute atomic E-state index is 2.50. The van der Waals surface area contributed by atoms with Crippen molar-refractivity contribution in [1.29, 1.82) is 0 Å². The van der Waals surface area contributed by atoms with E-state index >= 15 is 0 Å². The third-order valence-corrected chi connectivity index (χ3v) is 12.8. The predicted molar refractivity (Wildman–Crippen MR) is 255 cm³/mol. The molecule has 1 heteroatoms. The molecule has 0 aliphatic heterocycles. The van der Waals surface area contributed by atoms with E-state index in [1.165, 1.54) is 77.9 Å². The molecule has 0 atom stereocenters. The van der Waals surface area contributed by atoms with Crippen molar-refractivity contribution in [1.82, 2.24) is 0 Å². The summed E-state index contributed by atoms with van der Waals surface area (Å²) in [6, 6.07) is 82.3. The van der Waals surface area contributed by atoms with Crippen LogP contribution in [0.3, 0.4) is 0 Å². The fourth-order valence-electron chi connectivity index (χ4n) is 9.55. The van der Waals surface area contributed by atoms with Crippen LogP contribution in [0.1, 0.15) is 37.8 Å². The zero-order chi connectivity index (χ0) is 40.5. The average molecular weight is 770 g/mol. The second kappa shape index (κ2) is 15.9. The Morgan fingerprint density at radius 1 is 0.300 bits per heavy atom. The Balaban J connectivity index is 1.08. The molecule has 0 amide bonds. The summed E-state index contributed by atoms with van der Waals surface area (Å²) in [5.41, 5.74) is 21.1. The standard InChI is InChI=1S/C59H47N/c1-3-59(4-2)56-40-50(48-26-24-45(25-27-48)42-16-8-5-9-17-42)34-38-54(56)55-39-37-52(41-57(55)59)60(51-35-32-47(33-36-51)44-20-12-7-13-21-44)58-23-15-14-22-53(58)49-30-28-46(29-31-49)43-18-10-6-11-19-43/h5-41H,3-4H2,1-2H3. The molecule has 9 aromatic rings. The molecule has 9 aromatic carbocycles. The van der Waals surface area contributed by atoms with Crippen molar-refractivity contribution in [2.45, 2.75) is 32.1 Å². The normalized spacial score (nSPS) is 12.4. The van der Waals surface area contributed by atoms with E-state index in [2.05, 4.69) is 243 Å². The van der Waals surface area contributed by atoms with E-state index in [1.54, 1.807) is 0 Å². The first-order chi connectivity index (χ1) is 29.6. The Hall–Kier alpha value is -7.22. The molecule has 10 rings (SSSR count). The highest BCUT2D eigenvalue weighted by Crippen LogP contribution is 2.55. The molecule has 0 unspecified atom stereocenters. The van der Waals surface area contributed by atoms with Gasteiger partial charge in [-0.2, -0.15) is 0 Å². The predicted octanol–water partition coefficient (Wildman–Crippen LogP) is 16.6. The molecule has 0 fully saturated rings. The van der Waals surface area contributed by atoms with E-state index in [4.69, 9.17) is 0 Å². The van der Waals surface area contributed by atoms with Crippen molar-refractivity contribution in [3.8, 4) is 66.8 Å². The largest absolute Gasteiger partial charge is 0.310 e. The van der Waals surface area contributed by atoms with Crippen LogP contribution in [0.2, 0.25) is 0 Å².